The number of amides is 1. The molecule has 7 aliphatic rings. The molecule has 4 aromatic rings. The van der Waals surface area contributed by atoms with Crippen LogP contribution in [0.5, 0.6) is 0 Å². The number of aromatic nitrogens is 2. The Morgan fingerprint density at radius 1 is 0.574 bits per heavy atom. The highest BCUT2D eigenvalue weighted by Crippen LogP contribution is 2.38. The number of piperidine rings is 2. The van der Waals surface area contributed by atoms with Gasteiger partial charge in [-0.3, -0.25) is 9.97 Å². The number of halogens is 1. The van der Waals surface area contributed by atoms with Crippen LogP contribution < -0.4 is 0 Å². The van der Waals surface area contributed by atoms with Crippen LogP contribution in [0, 0.1) is 0 Å². The van der Waals surface area contributed by atoms with E-state index >= 15 is 0 Å². The van der Waals surface area contributed by atoms with Crippen LogP contribution >= 0.6 is 11.6 Å². The molecule has 3 saturated carbocycles. The monoisotopic (exact) mass is 1000 g/mol. The number of carbonyl (C=O) groups is 2. The highest BCUT2D eigenvalue weighted by Gasteiger charge is 2.45. The number of rotatable bonds is 8. The van der Waals surface area contributed by atoms with Gasteiger partial charge in [-0.1, -0.05) is 19.3 Å². The Labute approximate surface area is 405 Å². The molecule has 0 N–H and O–H groups in total. The minimum atomic E-state index is -3.41. The van der Waals surface area contributed by atoms with Crippen LogP contribution in [0.25, 0.3) is 22.2 Å². The smallest absolute Gasteiger partial charge is 0.410 e. The van der Waals surface area contributed by atoms with Crippen molar-refractivity contribution in [1.29, 1.82) is 0 Å². The first-order valence-electron chi connectivity index (χ1n) is 25.0. The summed E-state index contributed by atoms with van der Waals surface area (Å²) in [7, 11) is -6.48. The van der Waals surface area contributed by atoms with E-state index in [1.165, 1.54) is 30.6 Å². The van der Waals surface area contributed by atoms with Gasteiger partial charge in [-0.15, -0.1) is 0 Å². The summed E-state index contributed by atoms with van der Waals surface area (Å²) in [5.74, 6) is 0.579. The standard InChI is InChI=1S/C22H29N3O5S.C16H20N2O3S.C7H11ClO2.C4H8O/c26-22(30-17-5-2-1-3-6-17)24-13-18(14-24)31(27,28)25-11-8-16(9-12-25)19-15-29-20-7-4-10-23-21(19)20;19-22(20,13-3-1-4-13)18-9-6-12(7-10-18)14-11-21-15-5-2-8-17-16(14)15;8-7(9)10-6-4-2-1-3-5-6;1-2-4-5-3-1/h4,7,10,15-18H,1-3,5-6,8-9,11-14H2;2,5,8,11-13H,1,3-4,6-7,9-10H2;6H,1-5H2;1-4H2. The third kappa shape index (κ3) is 12.7. The number of fused-ring (bicyclic) bond motifs is 2. The predicted molar refractivity (Wildman–Crippen MR) is 259 cm³/mol. The van der Waals surface area contributed by atoms with Crippen molar-refractivity contribution in [3.05, 3.63) is 60.3 Å². The molecular weight excluding hydrogens is 934 g/mol. The molecule has 68 heavy (non-hydrogen) atoms. The lowest BCUT2D eigenvalue weighted by atomic mass is 9.91. The van der Waals surface area contributed by atoms with Crippen LogP contribution in [0.15, 0.2) is 58.0 Å². The van der Waals surface area contributed by atoms with E-state index in [1.54, 1.807) is 33.5 Å². The zero-order valence-electron chi connectivity index (χ0n) is 39.1. The fourth-order valence-electron chi connectivity index (χ4n) is 10.3. The van der Waals surface area contributed by atoms with Crippen molar-refractivity contribution in [1.82, 2.24) is 23.5 Å². The van der Waals surface area contributed by atoms with Crippen molar-refractivity contribution in [2.75, 3.05) is 52.5 Å². The minimum absolute atomic E-state index is 0.00979. The van der Waals surface area contributed by atoms with Gasteiger partial charge in [0, 0.05) is 87.6 Å². The molecule has 4 saturated heterocycles. The summed E-state index contributed by atoms with van der Waals surface area (Å²) in [6.07, 6.45) is 26.0. The van der Waals surface area contributed by atoms with Crippen LogP contribution in [0.1, 0.15) is 145 Å². The Morgan fingerprint density at radius 3 is 1.44 bits per heavy atom. The van der Waals surface area contributed by atoms with Gasteiger partial charge in [0.1, 0.15) is 28.5 Å². The third-order valence-corrected chi connectivity index (χ3v) is 19.4. The maximum atomic E-state index is 13.0. The second kappa shape index (κ2) is 23.9. The maximum Gasteiger partial charge on any atom is 0.410 e. The Kier molecular flexibility index (Phi) is 17.8. The van der Waals surface area contributed by atoms with Gasteiger partial charge in [-0.25, -0.2) is 35.0 Å². The lowest BCUT2D eigenvalue weighted by Crippen LogP contribution is -2.60. The quantitative estimate of drug-likeness (QED) is 0.152. The van der Waals surface area contributed by atoms with Gasteiger partial charge in [-0.2, -0.15) is 0 Å². The first kappa shape index (κ1) is 50.6. The Balaban J connectivity index is 0.000000145. The molecule has 0 aromatic carbocycles. The Hall–Kier alpha value is -3.81. The van der Waals surface area contributed by atoms with Crippen molar-refractivity contribution < 1.29 is 49.5 Å². The average Bonchev–Trinajstić information content (AvgIpc) is 4.12. The van der Waals surface area contributed by atoms with Crippen molar-refractivity contribution in [3.63, 3.8) is 0 Å². The highest BCUT2D eigenvalue weighted by molar-refractivity contribution is 7.90. The van der Waals surface area contributed by atoms with Crippen molar-refractivity contribution >= 4 is 65.4 Å². The molecule has 4 aromatic heterocycles. The zero-order chi connectivity index (χ0) is 47.5. The molecule has 8 heterocycles. The fraction of sp³-hybridized carbons (Fsp3) is 0.673. The normalized spacial score (nSPS) is 22.2. The summed E-state index contributed by atoms with van der Waals surface area (Å²) in [6.45, 7) is 4.64. The van der Waals surface area contributed by atoms with E-state index in [1.807, 2.05) is 24.3 Å². The van der Waals surface area contributed by atoms with Gasteiger partial charge < -0.3 is 27.9 Å². The lowest BCUT2D eigenvalue weighted by molar-refractivity contribution is 0.0328. The van der Waals surface area contributed by atoms with Crippen LogP contribution in [0.3, 0.4) is 0 Å². The van der Waals surface area contributed by atoms with Crippen LogP contribution in [-0.2, 0) is 34.3 Å². The van der Waals surface area contributed by atoms with Gasteiger partial charge in [0.25, 0.3) is 0 Å². The second-order valence-electron chi connectivity index (χ2n) is 19.2. The molecule has 3 aliphatic carbocycles. The molecule has 7 fully saturated rings. The van der Waals surface area contributed by atoms with Gasteiger partial charge in [0.15, 0.2) is 11.2 Å². The van der Waals surface area contributed by atoms with E-state index in [0.29, 0.717) is 32.1 Å². The number of pyridine rings is 2. The molecule has 0 atom stereocenters. The molecule has 4 aliphatic heterocycles. The van der Waals surface area contributed by atoms with Crippen LogP contribution in [-0.4, -0.2) is 127 Å². The van der Waals surface area contributed by atoms with E-state index in [0.717, 1.165) is 143 Å². The van der Waals surface area contributed by atoms with E-state index in [2.05, 4.69) is 9.97 Å². The number of furan rings is 2. The van der Waals surface area contributed by atoms with Gasteiger partial charge in [0.05, 0.1) is 17.8 Å². The first-order chi connectivity index (χ1) is 33.0. The number of ether oxygens (including phenoxy) is 3. The number of sulfonamides is 2. The molecule has 0 spiro atoms. The number of hydrogen-bond acceptors (Lipinski definition) is 13. The van der Waals surface area contributed by atoms with Crippen molar-refractivity contribution in [3.8, 4) is 0 Å². The number of nitrogens with zero attached hydrogens (tertiary/aromatic N) is 5. The van der Waals surface area contributed by atoms with E-state index in [-0.39, 0.29) is 42.6 Å². The van der Waals surface area contributed by atoms with Gasteiger partial charge in [-0.05, 0) is 139 Å². The highest BCUT2D eigenvalue weighted by atomic mass is 35.5. The largest absolute Gasteiger partial charge is 0.462 e. The lowest BCUT2D eigenvalue weighted by Gasteiger charge is -2.42. The molecule has 374 valence electrons. The predicted octanol–water partition coefficient (Wildman–Crippen LogP) is 9.87. The summed E-state index contributed by atoms with van der Waals surface area (Å²) in [4.78, 5) is 32.9. The molecule has 0 radical (unpaired) electrons. The molecule has 0 unspecified atom stereocenters. The van der Waals surface area contributed by atoms with Gasteiger partial charge in [0.2, 0.25) is 20.0 Å². The second-order valence-corrected chi connectivity index (χ2v) is 23.9. The summed E-state index contributed by atoms with van der Waals surface area (Å²) in [5.41, 5.74) is 4.89. The van der Waals surface area contributed by atoms with E-state index < -0.39 is 30.7 Å². The van der Waals surface area contributed by atoms with Crippen LogP contribution in [0.4, 0.5) is 9.59 Å². The Bertz CT molecular complexity index is 2450. The van der Waals surface area contributed by atoms with E-state index in [4.69, 9.17) is 34.6 Å². The number of carbonyl (C=O) groups excluding carboxylic acids is 2. The summed E-state index contributed by atoms with van der Waals surface area (Å²) >= 11 is 5.05. The topological polar surface area (TPSA) is 192 Å². The van der Waals surface area contributed by atoms with Crippen LogP contribution in [0.2, 0.25) is 0 Å². The molecule has 11 rings (SSSR count). The van der Waals surface area contributed by atoms with Crippen molar-refractivity contribution in [2.24, 2.45) is 0 Å². The van der Waals surface area contributed by atoms with Gasteiger partial charge >= 0.3 is 11.5 Å². The third-order valence-electron chi connectivity index (χ3n) is 14.7. The number of hydrogen-bond donors (Lipinski definition) is 0. The minimum Gasteiger partial charge on any atom is -0.462 e. The molecule has 16 nitrogen and oxygen atoms in total. The molecule has 19 heteroatoms. The molecule has 0 bridgehead atoms. The molecule has 1 amide bonds. The summed E-state index contributed by atoms with van der Waals surface area (Å²) < 4.78 is 80.8. The Morgan fingerprint density at radius 2 is 1.03 bits per heavy atom. The number of likely N-dealkylation sites (tertiary alicyclic amines) is 1. The molecular formula is C49H68ClN5O11S2. The zero-order valence-corrected chi connectivity index (χ0v) is 41.5. The first-order valence-corrected chi connectivity index (χ1v) is 28.4. The SMILES string of the molecule is C1CCOC1.O=C(Cl)OC1CCCCC1.O=C(OC1CCCCC1)N1CC(S(=O)(=O)N2CCC(c3coc4cccnc34)CC2)C1.O=S(=O)(C1CCC1)N1CCC(c2coc3cccnc23)CC1. The summed E-state index contributed by atoms with van der Waals surface area (Å²) in [5, 5.41) is -0.653. The van der Waals surface area contributed by atoms with E-state index in [9.17, 15) is 26.4 Å². The van der Waals surface area contributed by atoms with Crippen molar-refractivity contribution in [2.45, 2.75) is 157 Å². The summed E-state index contributed by atoms with van der Waals surface area (Å²) in [6, 6.07) is 7.52. The fourth-order valence-corrected chi connectivity index (χ4v) is 14.4. The maximum absolute atomic E-state index is 13.0. The average molecular weight is 1000 g/mol.